The number of rotatable bonds is 8. The van der Waals surface area contributed by atoms with Gasteiger partial charge in [-0.1, -0.05) is 13.8 Å². The van der Waals surface area contributed by atoms with Crippen LogP contribution < -0.4 is 15.8 Å². The van der Waals surface area contributed by atoms with E-state index in [2.05, 4.69) is 5.32 Å². The Morgan fingerprint density at radius 3 is 2.43 bits per heavy atom. The third kappa shape index (κ3) is 7.25. The second-order valence-electron chi connectivity index (χ2n) is 9.14. The van der Waals surface area contributed by atoms with Gasteiger partial charge in [0, 0.05) is 21.9 Å². The van der Waals surface area contributed by atoms with Gasteiger partial charge in [-0.2, -0.15) is 0 Å². The summed E-state index contributed by atoms with van der Waals surface area (Å²) in [4.78, 5) is 37.5. The summed E-state index contributed by atoms with van der Waals surface area (Å²) in [5.41, 5.74) is 4.77. The zero-order valence-corrected chi connectivity index (χ0v) is 21.1. The molecule has 1 amide bonds. The van der Waals surface area contributed by atoms with Gasteiger partial charge in [0.2, 0.25) is 5.91 Å². The molecule has 1 aliphatic rings. The van der Waals surface area contributed by atoms with Crippen LogP contribution in [0.3, 0.4) is 0 Å². The molecule has 5 N–H and O–H groups in total. The van der Waals surface area contributed by atoms with E-state index in [9.17, 15) is 18.8 Å². The molecule has 0 unspecified atom stereocenters. The Morgan fingerprint density at radius 2 is 1.86 bits per heavy atom. The Balaban J connectivity index is 0.00000432. The lowest BCUT2D eigenvalue weighted by atomic mass is 9.84. The largest absolute Gasteiger partial charge is 0.481 e. The zero-order chi connectivity index (χ0) is 25.0. The minimum absolute atomic E-state index is 0. The summed E-state index contributed by atoms with van der Waals surface area (Å²) in [5, 5.41) is 19.5. The smallest absolute Gasteiger partial charge is 0.353 e. The predicted octanol–water partition coefficient (Wildman–Crippen LogP) is 4.14. The molecule has 0 atom stereocenters. The monoisotopic (exact) mass is 525 g/mol. The van der Waals surface area contributed by atoms with Crippen molar-refractivity contribution in [1.82, 2.24) is 5.32 Å². The number of amides is 1. The molecule has 1 saturated carbocycles. The SMILES string of the molecule is CC(C)(Cc1ccc(C(=O)Oc2ccc(C(=N)N)cc2F)s1)C(=O)NC1CCC(C(=O)O)CC1.Cl. The first-order chi connectivity index (χ1) is 16.0. The molecule has 2 aromatic rings. The Morgan fingerprint density at radius 1 is 1.20 bits per heavy atom. The predicted molar refractivity (Wildman–Crippen MR) is 133 cm³/mol. The van der Waals surface area contributed by atoms with E-state index in [1.807, 2.05) is 13.8 Å². The van der Waals surface area contributed by atoms with Crippen LogP contribution in [0.4, 0.5) is 4.39 Å². The van der Waals surface area contributed by atoms with Crippen LogP contribution in [0.1, 0.15) is 59.6 Å². The maximum Gasteiger partial charge on any atom is 0.353 e. The molecule has 1 aromatic carbocycles. The number of carbonyl (C=O) groups excluding carboxylic acids is 2. The molecule has 1 aromatic heterocycles. The third-order valence-electron chi connectivity index (χ3n) is 5.95. The van der Waals surface area contributed by atoms with E-state index in [-0.39, 0.29) is 52.3 Å². The molecular formula is C24H29ClFN3O5S. The van der Waals surface area contributed by atoms with E-state index in [4.69, 9.17) is 21.0 Å². The van der Waals surface area contributed by atoms with Crippen LogP contribution in [0.5, 0.6) is 5.75 Å². The average molecular weight is 526 g/mol. The van der Waals surface area contributed by atoms with Gasteiger partial charge in [-0.15, -0.1) is 23.7 Å². The number of amidine groups is 1. The summed E-state index contributed by atoms with van der Waals surface area (Å²) in [7, 11) is 0. The molecule has 1 aliphatic carbocycles. The van der Waals surface area contributed by atoms with Crippen molar-refractivity contribution in [2.75, 3.05) is 0 Å². The first-order valence-corrected chi connectivity index (χ1v) is 11.8. The number of thiophene rings is 1. The number of carboxylic acids is 1. The van der Waals surface area contributed by atoms with Crippen molar-refractivity contribution < 1.29 is 28.6 Å². The lowest BCUT2D eigenvalue weighted by Gasteiger charge is -2.31. The molecule has 8 nitrogen and oxygen atoms in total. The highest BCUT2D eigenvalue weighted by Gasteiger charge is 2.33. The summed E-state index contributed by atoms with van der Waals surface area (Å²) in [5.74, 6) is -3.33. The van der Waals surface area contributed by atoms with Crippen LogP contribution in [0, 0.1) is 22.6 Å². The maximum atomic E-state index is 14.2. The quantitative estimate of drug-likeness (QED) is 0.176. The van der Waals surface area contributed by atoms with Crippen molar-refractivity contribution in [3.63, 3.8) is 0 Å². The topological polar surface area (TPSA) is 143 Å². The molecule has 35 heavy (non-hydrogen) atoms. The number of aliphatic carboxylic acids is 1. The number of benzene rings is 1. The first kappa shape index (κ1) is 28.3. The van der Waals surface area contributed by atoms with Crippen molar-refractivity contribution in [3.8, 4) is 5.75 Å². The number of nitrogen functional groups attached to an aromatic ring is 1. The molecule has 0 bridgehead atoms. The van der Waals surface area contributed by atoms with Gasteiger partial charge in [-0.3, -0.25) is 15.0 Å². The first-order valence-electron chi connectivity index (χ1n) is 10.9. The second kappa shape index (κ2) is 11.6. The summed E-state index contributed by atoms with van der Waals surface area (Å²) in [6.07, 6.45) is 2.77. The lowest BCUT2D eigenvalue weighted by molar-refractivity contribution is -0.142. The molecule has 1 fully saturated rings. The van der Waals surface area contributed by atoms with E-state index < -0.39 is 23.2 Å². The van der Waals surface area contributed by atoms with Crippen LogP contribution in [0.25, 0.3) is 0 Å². The molecule has 0 radical (unpaired) electrons. The van der Waals surface area contributed by atoms with Gasteiger partial charge in [0.15, 0.2) is 11.6 Å². The fraction of sp³-hybridized carbons (Fsp3) is 0.417. The number of nitrogens with one attached hydrogen (secondary N) is 2. The number of esters is 1. The molecule has 190 valence electrons. The number of nitrogens with two attached hydrogens (primary N) is 1. The minimum Gasteiger partial charge on any atom is -0.481 e. The highest BCUT2D eigenvalue weighted by molar-refractivity contribution is 7.14. The standard InChI is InChI=1S/C24H28FN3O5S.ClH/c1-24(2,23(32)28-15-6-3-13(4-7-15)21(29)30)12-16-8-10-19(34-16)22(31)33-18-9-5-14(20(26)27)11-17(18)25;/h5,8-11,13,15H,3-4,6-7,12H2,1-2H3,(H3,26,27)(H,28,32)(H,29,30);1H. The van der Waals surface area contributed by atoms with Crippen molar-refractivity contribution in [2.45, 2.75) is 52.0 Å². The molecule has 1 heterocycles. The number of ether oxygens (including phenoxy) is 1. The average Bonchev–Trinajstić information content (AvgIpc) is 3.23. The van der Waals surface area contributed by atoms with Crippen molar-refractivity contribution >= 4 is 47.4 Å². The maximum absolute atomic E-state index is 14.2. The van der Waals surface area contributed by atoms with Gasteiger partial charge in [0.05, 0.1) is 5.92 Å². The molecular weight excluding hydrogens is 497 g/mol. The van der Waals surface area contributed by atoms with Crippen LogP contribution in [-0.2, 0) is 16.0 Å². The number of carboxylic acid groups (broad SMARTS) is 1. The Bertz CT molecular complexity index is 1110. The number of hydrogen-bond donors (Lipinski definition) is 4. The van der Waals surface area contributed by atoms with Gasteiger partial charge in [-0.05, 0) is 62.4 Å². The van der Waals surface area contributed by atoms with E-state index in [1.165, 1.54) is 23.5 Å². The Kier molecular flexibility index (Phi) is 9.39. The van der Waals surface area contributed by atoms with Gasteiger partial charge >= 0.3 is 11.9 Å². The molecule has 11 heteroatoms. The second-order valence-corrected chi connectivity index (χ2v) is 10.3. The van der Waals surface area contributed by atoms with Crippen LogP contribution in [-0.4, -0.2) is 34.8 Å². The molecule has 0 aliphatic heterocycles. The Hall–Kier alpha value is -2.98. The van der Waals surface area contributed by atoms with E-state index >= 15 is 0 Å². The van der Waals surface area contributed by atoms with E-state index in [0.29, 0.717) is 32.1 Å². The summed E-state index contributed by atoms with van der Waals surface area (Å²) < 4.78 is 19.3. The van der Waals surface area contributed by atoms with Crippen molar-refractivity contribution in [1.29, 1.82) is 5.41 Å². The fourth-order valence-corrected chi connectivity index (χ4v) is 4.98. The van der Waals surface area contributed by atoms with Gasteiger partial charge in [0.25, 0.3) is 0 Å². The third-order valence-corrected chi connectivity index (χ3v) is 7.02. The normalized spacial score (nSPS) is 17.7. The molecule has 0 saturated heterocycles. The fourth-order valence-electron chi connectivity index (χ4n) is 3.87. The summed E-state index contributed by atoms with van der Waals surface area (Å²) in [6.45, 7) is 3.63. The Labute approximate surface area is 213 Å². The summed E-state index contributed by atoms with van der Waals surface area (Å²) in [6, 6.07) is 6.94. The summed E-state index contributed by atoms with van der Waals surface area (Å²) >= 11 is 1.17. The van der Waals surface area contributed by atoms with Crippen LogP contribution in [0.2, 0.25) is 0 Å². The highest BCUT2D eigenvalue weighted by Crippen LogP contribution is 2.30. The van der Waals surface area contributed by atoms with Crippen LogP contribution >= 0.6 is 23.7 Å². The van der Waals surface area contributed by atoms with Crippen molar-refractivity contribution in [2.24, 2.45) is 17.1 Å². The highest BCUT2D eigenvalue weighted by atomic mass is 35.5. The van der Waals surface area contributed by atoms with Crippen LogP contribution in [0.15, 0.2) is 30.3 Å². The molecule has 3 rings (SSSR count). The van der Waals surface area contributed by atoms with Gasteiger partial charge < -0.3 is 20.9 Å². The number of hydrogen-bond acceptors (Lipinski definition) is 6. The zero-order valence-electron chi connectivity index (χ0n) is 19.4. The molecule has 0 spiro atoms. The van der Waals surface area contributed by atoms with Gasteiger partial charge in [-0.25, -0.2) is 9.18 Å². The van der Waals surface area contributed by atoms with Crippen molar-refractivity contribution in [3.05, 3.63) is 51.5 Å². The van der Waals surface area contributed by atoms with E-state index in [1.54, 1.807) is 12.1 Å². The lowest BCUT2D eigenvalue weighted by Crippen LogP contribution is -2.45. The van der Waals surface area contributed by atoms with Gasteiger partial charge in [0.1, 0.15) is 10.7 Å². The minimum atomic E-state index is -0.798. The van der Waals surface area contributed by atoms with E-state index in [0.717, 1.165) is 10.9 Å². The number of halogens is 2. The number of carbonyl (C=O) groups is 3.